The van der Waals surface area contributed by atoms with Crippen LogP contribution in [0.2, 0.25) is 0 Å². The van der Waals surface area contributed by atoms with Crippen molar-refractivity contribution in [1.29, 1.82) is 5.26 Å². The second-order valence-electron chi connectivity index (χ2n) is 5.71. The summed E-state index contributed by atoms with van der Waals surface area (Å²) >= 11 is 0. The van der Waals surface area contributed by atoms with Crippen molar-refractivity contribution in [2.45, 2.75) is 6.42 Å². The van der Waals surface area contributed by atoms with Crippen LogP contribution in [-0.4, -0.2) is 32.5 Å². The summed E-state index contributed by atoms with van der Waals surface area (Å²) in [5, 5.41) is 13.9. The second-order valence-corrected chi connectivity index (χ2v) is 5.71. The third-order valence-corrected chi connectivity index (χ3v) is 3.61. The van der Waals surface area contributed by atoms with E-state index in [1.165, 1.54) is 6.07 Å². The molecule has 0 atom stereocenters. The molecule has 6 nitrogen and oxygen atoms in total. The smallest absolute Gasteiger partial charge is 0.313 e. The van der Waals surface area contributed by atoms with Gasteiger partial charge in [0, 0.05) is 32.0 Å². The molecule has 0 aliphatic rings. The summed E-state index contributed by atoms with van der Waals surface area (Å²) in [6, 6.07) is 16.4. The Kier molecular flexibility index (Phi) is 6.13. The van der Waals surface area contributed by atoms with Gasteiger partial charge >= 0.3 is 11.8 Å². The van der Waals surface area contributed by atoms with Crippen LogP contribution in [0, 0.1) is 11.3 Å². The molecule has 2 aromatic carbocycles. The summed E-state index contributed by atoms with van der Waals surface area (Å²) in [5.41, 5.74) is 3.01. The van der Waals surface area contributed by atoms with Crippen molar-refractivity contribution in [3.63, 3.8) is 0 Å². The predicted octanol–water partition coefficient (Wildman–Crippen LogP) is 1.92. The van der Waals surface area contributed by atoms with Crippen LogP contribution in [-0.2, 0) is 16.0 Å². The molecule has 25 heavy (non-hydrogen) atoms. The molecule has 0 unspecified atom stereocenters. The molecule has 0 fully saturated rings. The SMILES string of the molecule is CN(C)c1ccc(CCNC(=O)C(=O)Nc2cccc(C#N)c2)cc1. The first-order chi connectivity index (χ1) is 12.0. The molecule has 0 saturated heterocycles. The first kappa shape index (κ1) is 18.0. The number of hydrogen-bond acceptors (Lipinski definition) is 4. The molecular weight excluding hydrogens is 316 g/mol. The summed E-state index contributed by atoms with van der Waals surface area (Å²) < 4.78 is 0. The minimum atomic E-state index is -0.752. The van der Waals surface area contributed by atoms with Crippen LogP contribution in [0.4, 0.5) is 11.4 Å². The van der Waals surface area contributed by atoms with Crippen LogP contribution in [0.15, 0.2) is 48.5 Å². The zero-order valence-electron chi connectivity index (χ0n) is 14.2. The Balaban J connectivity index is 1.81. The molecule has 0 spiro atoms. The molecule has 0 saturated carbocycles. The third-order valence-electron chi connectivity index (χ3n) is 3.61. The van der Waals surface area contributed by atoms with Crippen molar-refractivity contribution in [3.05, 3.63) is 59.7 Å². The molecule has 2 N–H and O–H groups in total. The average molecular weight is 336 g/mol. The summed E-state index contributed by atoms with van der Waals surface area (Å²) in [4.78, 5) is 25.7. The number of carbonyl (C=O) groups is 2. The molecule has 0 bridgehead atoms. The second kappa shape index (κ2) is 8.50. The van der Waals surface area contributed by atoms with Crippen LogP contribution in [0.1, 0.15) is 11.1 Å². The molecule has 0 aliphatic carbocycles. The van der Waals surface area contributed by atoms with Gasteiger partial charge in [-0.05, 0) is 42.3 Å². The van der Waals surface area contributed by atoms with Gasteiger partial charge in [0.2, 0.25) is 0 Å². The Morgan fingerprint density at radius 1 is 1.08 bits per heavy atom. The number of nitriles is 1. The zero-order chi connectivity index (χ0) is 18.2. The maximum Gasteiger partial charge on any atom is 0.313 e. The van der Waals surface area contributed by atoms with E-state index in [-0.39, 0.29) is 0 Å². The van der Waals surface area contributed by atoms with E-state index in [1.54, 1.807) is 18.2 Å². The Morgan fingerprint density at radius 2 is 1.80 bits per heavy atom. The lowest BCUT2D eigenvalue weighted by atomic mass is 10.1. The van der Waals surface area contributed by atoms with Gasteiger partial charge in [0.15, 0.2) is 0 Å². The molecule has 2 rings (SSSR count). The van der Waals surface area contributed by atoms with Crippen molar-refractivity contribution in [3.8, 4) is 6.07 Å². The lowest BCUT2D eigenvalue weighted by Crippen LogP contribution is -2.36. The molecular formula is C19H20N4O2. The van der Waals surface area contributed by atoms with E-state index in [1.807, 2.05) is 49.3 Å². The Hall–Kier alpha value is -3.33. The standard InChI is InChI=1S/C19H20N4O2/c1-23(2)17-8-6-14(7-9-17)10-11-21-18(24)19(25)22-16-5-3-4-15(12-16)13-20/h3-9,12H,10-11H2,1-2H3,(H,21,24)(H,22,25). The van der Waals surface area contributed by atoms with E-state index in [2.05, 4.69) is 10.6 Å². The van der Waals surface area contributed by atoms with Gasteiger partial charge in [-0.1, -0.05) is 18.2 Å². The van der Waals surface area contributed by atoms with Crippen molar-refractivity contribution in [2.75, 3.05) is 30.9 Å². The fourth-order valence-corrected chi connectivity index (χ4v) is 2.22. The Labute approximate surface area is 147 Å². The molecule has 0 aromatic heterocycles. The molecule has 128 valence electrons. The van der Waals surface area contributed by atoms with Crippen LogP contribution < -0.4 is 15.5 Å². The molecule has 0 radical (unpaired) electrons. The first-order valence-electron chi connectivity index (χ1n) is 7.85. The lowest BCUT2D eigenvalue weighted by Gasteiger charge is -2.12. The molecule has 6 heteroatoms. The van der Waals surface area contributed by atoms with Gasteiger partial charge in [0.25, 0.3) is 0 Å². The third kappa shape index (κ3) is 5.36. The van der Waals surface area contributed by atoms with Crippen LogP contribution in [0.5, 0.6) is 0 Å². The number of amides is 2. The highest BCUT2D eigenvalue weighted by Crippen LogP contribution is 2.12. The summed E-state index contributed by atoms with van der Waals surface area (Å²) in [6.45, 7) is 0.367. The van der Waals surface area contributed by atoms with E-state index in [0.29, 0.717) is 24.2 Å². The molecule has 0 heterocycles. The van der Waals surface area contributed by atoms with Crippen LogP contribution in [0.25, 0.3) is 0 Å². The van der Waals surface area contributed by atoms with Crippen molar-refractivity contribution in [2.24, 2.45) is 0 Å². The van der Waals surface area contributed by atoms with Crippen LogP contribution in [0.3, 0.4) is 0 Å². The monoisotopic (exact) mass is 336 g/mol. The number of hydrogen-bond donors (Lipinski definition) is 2. The van der Waals surface area contributed by atoms with Gasteiger partial charge in [0.05, 0.1) is 11.6 Å². The molecule has 0 aliphatic heterocycles. The Bertz CT molecular complexity index is 792. The van der Waals surface area contributed by atoms with Gasteiger partial charge in [0.1, 0.15) is 0 Å². The molecule has 2 aromatic rings. The fraction of sp³-hybridized carbons (Fsp3) is 0.211. The zero-order valence-corrected chi connectivity index (χ0v) is 14.2. The fourth-order valence-electron chi connectivity index (χ4n) is 2.22. The number of nitrogens with zero attached hydrogens (tertiary/aromatic N) is 2. The maximum absolute atomic E-state index is 11.9. The quantitative estimate of drug-likeness (QED) is 0.817. The molecule has 2 amide bonds. The lowest BCUT2D eigenvalue weighted by molar-refractivity contribution is -0.136. The van der Waals surface area contributed by atoms with E-state index < -0.39 is 11.8 Å². The van der Waals surface area contributed by atoms with Crippen molar-refractivity contribution >= 4 is 23.2 Å². The largest absolute Gasteiger partial charge is 0.378 e. The summed E-state index contributed by atoms with van der Waals surface area (Å²) in [5.74, 6) is -1.45. The highest BCUT2D eigenvalue weighted by atomic mass is 16.2. The highest BCUT2D eigenvalue weighted by Gasteiger charge is 2.13. The van der Waals surface area contributed by atoms with Gasteiger partial charge in [-0.3, -0.25) is 9.59 Å². The van der Waals surface area contributed by atoms with Gasteiger partial charge in [-0.15, -0.1) is 0 Å². The highest BCUT2D eigenvalue weighted by molar-refractivity contribution is 6.39. The number of nitrogens with one attached hydrogen (secondary N) is 2. The van der Waals surface area contributed by atoms with E-state index >= 15 is 0 Å². The minimum Gasteiger partial charge on any atom is -0.378 e. The van der Waals surface area contributed by atoms with E-state index in [0.717, 1.165) is 11.3 Å². The summed E-state index contributed by atoms with van der Waals surface area (Å²) in [7, 11) is 3.94. The maximum atomic E-state index is 11.9. The van der Waals surface area contributed by atoms with E-state index in [9.17, 15) is 9.59 Å². The normalized spacial score (nSPS) is 9.80. The number of carbonyl (C=O) groups excluding carboxylic acids is 2. The summed E-state index contributed by atoms with van der Waals surface area (Å²) in [6.07, 6.45) is 0.636. The number of benzene rings is 2. The predicted molar refractivity (Wildman–Crippen MR) is 97.3 cm³/mol. The van der Waals surface area contributed by atoms with Gasteiger partial charge < -0.3 is 15.5 Å². The van der Waals surface area contributed by atoms with Crippen molar-refractivity contribution < 1.29 is 9.59 Å². The topological polar surface area (TPSA) is 85.2 Å². The average Bonchev–Trinajstić information content (AvgIpc) is 2.62. The van der Waals surface area contributed by atoms with Crippen molar-refractivity contribution in [1.82, 2.24) is 5.32 Å². The van der Waals surface area contributed by atoms with E-state index in [4.69, 9.17) is 5.26 Å². The first-order valence-corrected chi connectivity index (χ1v) is 7.85. The number of anilines is 2. The number of rotatable bonds is 5. The minimum absolute atomic E-state index is 0.367. The van der Waals surface area contributed by atoms with Crippen LogP contribution >= 0.6 is 0 Å². The Morgan fingerprint density at radius 3 is 2.44 bits per heavy atom. The van der Waals surface area contributed by atoms with Gasteiger partial charge in [-0.2, -0.15) is 5.26 Å². The van der Waals surface area contributed by atoms with Gasteiger partial charge in [-0.25, -0.2) is 0 Å².